The molecule has 0 aliphatic heterocycles. The van der Waals surface area contributed by atoms with Gasteiger partial charge in [0.15, 0.2) is 0 Å². The predicted molar refractivity (Wildman–Crippen MR) is 99.8 cm³/mol. The van der Waals surface area contributed by atoms with Gasteiger partial charge in [-0.15, -0.1) is 0 Å². The summed E-state index contributed by atoms with van der Waals surface area (Å²) in [4.78, 5) is 24.6. The van der Waals surface area contributed by atoms with Gasteiger partial charge < -0.3 is 10.6 Å². The highest BCUT2D eigenvalue weighted by molar-refractivity contribution is 6.05. The molecule has 2 aromatic rings. The minimum absolute atomic E-state index is 0.0538. The number of amides is 2. The summed E-state index contributed by atoms with van der Waals surface area (Å²) in [6.07, 6.45) is 7.01. The van der Waals surface area contributed by atoms with E-state index in [0.29, 0.717) is 11.1 Å². The maximum atomic E-state index is 12.4. The number of anilines is 1. The average molecular weight is 336 g/mol. The second-order valence-corrected chi connectivity index (χ2v) is 6.56. The Morgan fingerprint density at radius 3 is 1.88 bits per heavy atom. The monoisotopic (exact) mass is 336 g/mol. The van der Waals surface area contributed by atoms with Crippen molar-refractivity contribution >= 4 is 17.5 Å². The molecule has 1 fully saturated rings. The van der Waals surface area contributed by atoms with E-state index < -0.39 is 0 Å². The molecule has 0 bridgehead atoms. The summed E-state index contributed by atoms with van der Waals surface area (Å²) in [5.74, 6) is -0.233. The molecule has 0 heterocycles. The van der Waals surface area contributed by atoms with Crippen LogP contribution in [0.4, 0.5) is 5.69 Å². The zero-order chi connectivity index (χ0) is 17.5. The van der Waals surface area contributed by atoms with Gasteiger partial charge in [-0.05, 0) is 49.2 Å². The molecule has 4 nitrogen and oxygen atoms in total. The average Bonchev–Trinajstić information content (AvgIpc) is 2.91. The summed E-state index contributed by atoms with van der Waals surface area (Å²) < 4.78 is 0. The number of hydrogen-bond acceptors (Lipinski definition) is 2. The summed E-state index contributed by atoms with van der Waals surface area (Å²) in [7, 11) is 0. The van der Waals surface area contributed by atoms with Crippen LogP contribution in [0.5, 0.6) is 0 Å². The maximum absolute atomic E-state index is 12.4. The second-order valence-electron chi connectivity index (χ2n) is 6.56. The highest BCUT2D eigenvalue weighted by atomic mass is 16.2. The van der Waals surface area contributed by atoms with Crippen molar-refractivity contribution < 1.29 is 9.59 Å². The lowest BCUT2D eigenvalue weighted by Gasteiger charge is -2.16. The fraction of sp³-hybridized carbons (Fsp3) is 0.333. The zero-order valence-electron chi connectivity index (χ0n) is 14.3. The Hall–Kier alpha value is -2.62. The number of carbonyl (C=O) groups is 2. The molecule has 2 aromatic carbocycles. The van der Waals surface area contributed by atoms with Gasteiger partial charge in [-0.3, -0.25) is 9.59 Å². The summed E-state index contributed by atoms with van der Waals surface area (Å²) in [5, 5.41) is 5.96. The first-order valence-electron chi connectivity index (χ1n) is 9.00. The molecule has 2 amide bonds. The van der Waals surface area contributed by atoms with Crippen LogP contribution in [0.2, 0.25) is 0 Å². The van der Waals surface area contributed by atoms with Gasteiger partial charge in [-0.1, -0.05) is 43.9 Å². The Labute approximate surface area is 148 Å². The Morgan fingerprint density at radius 2 is 1.28 bits per heavy atom. The van der Waals surface area contributed by atoms with Crippen LogP contribution >= 0.6 is 0 Å². The minimum atomic E-state index is -0.179. The molecule has 1 saturated carbocycles. The van der Waals surface area contributed by atoms with Crippen LogP contribution in [-0.4, -0.2) is 17.9 Å². The van der Waals surface area contributed by atoms with Crippen LogP contribution in [0.25, 0.3) is 0 Å². The Bertz CT molecular complexity index is 702. The van der Waals surface area contributed by atoms with Gasteiger partial charge >= 0.3 is 0 Å². The van der Waals surface area contributed by atoms with Gasteiger partial charge in [0, 0.05) is 22.9 Å². The van der Waals surface area contributed by atoms with Crippen LogP contribution in [0, 0.1) is 0 Å². The fourth-order valence-corrected chi connectivity index (χ4v) is 3.19. The topological polar surface area (TPSA) is 58.2 Å². The smallest absolute Gasteiger partial charge is 0.255 e. The summed E-state index contributed by atoms with van der Waals surface area (Å²) in [6, 6.07) is 16.4. The largest absolute Gasteiger partial charge is 0.349 e. The first-order valence-corrected chi connectivity index (χ1v) is 9.00. The molecule has 0 atom stereocenters. The van der Waals surface area contributed by atoms with Crippen molar-refractivity contribution in [1.29, 1.82) is 0 Å². The van der Waals surface area contributed by atoms with Crippen LogP contribution in [-0.2, 0) is 0 Å². The van der Waals surface area contributed by atoms with Gasteiger partial charge in [0.05, 0.1) is 0 Å². The van der Waals surface area contributed by atoms with Crippen molar-refractivity contribution in [2.24, 2.45) is 0 Å². The molecule has 2 N–H and O–H groups in total. The Kier molecular flexibility index (Phi) is 5.83. The molecular weight excluding hydrogens is 312 g/mol. The first kappa shape index (κ1) is 17.2. The molecule has 1 aliphatic rings. The number of nitrogens with one attached hydrogen (secondary N) is 2. The lowest BCUT2D eigenvalue weighted by molar-refractivity contribution is 0.0932. The standard InChI is InChI=1S/C21H24N2O2/c24-20(22-18-8-4-1-2-5-9-18)16-12-14-17(15-13-16)21(25)23-19-10-6-3-7-11-19/h3,6-7,10-15,18H,1-2,4-5,8-9H2,(H,22,24)(H,23,25). The van der Waals surface area contributed by atoms with Crippen molar-refractivity contribution in [3.8, 4) is 0 Å². The lowest BCUT2D eigenvalue weighted by Crippen LogP contribution is -2.34. The third kappa shape index (κ3) is 4.92. The van der Waals surface area contributed by atoms with Crippen LogP contribution < -0.4 is 10.6 Å². The number of hydrogen-bond donors (Lipinski definition) is 2. The normalized spacial score (nSPS) is 15.2. The van der Waals surface area contributed by atoms with Crippen LogP contribution in [0.3, 0.4) is 0 Å². The lowest BCUT2D eigenvalue weighted by atomic mass is 10.1. The van der Waals surface area contributed by atoms with E-state index in [1.807, 2.05) is 30.3 Å². The van der Waals surface area contributed by atoms with Crippen molar-refractivity contribution in [2.45, 2.75) is 44.6 Å². The van der Waals surface area contributed by atoms with Crippen molar-refractivity contribution in [3.63, 3.8) is 0 Å². The van der Waals surface area contributed by atoms with E-state index in [0.717, 1.165) is 18.5 Å². The molecule has 0 saturated heterocycles. The molecule has 1 aliphatic carbocycles. The molecule has 0 aromatic heterocycles. The molecule has 4 heteroatoms. The third-order valence-electron chi connectivity index (χ3n) is 4.63. The third-order valence-corrected chi connectivity index (χ3v) is 4.63. The molecule has 0 spiro atoms. The molecule has 25 heavy (non-hydrogen) atoms. The van der Waals surface area contributed by atoms with Gasteiger partial charge in [0.1, 0.15) is 0 Å². The van der Waals surface area contributed by atoms with Crippen molar-refractivity contribution in [1.82, 2.24) is 5.32 Å². The molecule has 0 unspecified atom stereocenters. The van der Waals surface area contributed by atoms with E-state index in [9.17, 15) is 9.59 Å². The molecule has 0 radical (unpaired) electrons. The molecule has 130 valence electrons. The molecule has 3 rings (SSSR count). The predicted octanol–water partition coefficient (Wildman–Crippen LogP) is 4.39. The second kappa shape index (κ2) is 8.47. The Balaban J connectivity index is 1.59. The summed E-state index contributed by atoms with van der Waals surface area (Å²) in [5.41, 5.74) is 1.89. The Morgan fingerprint density at radius 1 is 0.720 bits per heavy atom. The fourth-order valence-electron chi connectivity index (χ4n) is 3.19. The van der Waals surface area contributed by atoms with Crippen LogP contribution in [0.1, 0.15) is 59.2 Å². The summed E-state index contributed by atoms with van der Waals surface area (Å²) >= 11 is 0. The minimum Gasteiger partial charge on any atom is -0.349 e. The van der Waals surface area contributed by atoms with Crippen molar-refractivity contribution in [3.05, 3.63) is 65.7 Å². The highest BCUT2D eigenvalue weighted by Gasteiger charge is 2.16. The summed E-state index contributed by atoms with van der Waals surface area (Å²) in [6.45, 7) is 0. The maximum Gasteiger partial charge on any atom is 0.255 e. The SMILES string of the molecule is O=C(Nc1ccccc1)c1ccc(C(=O)NC2CCCCCC2)cc1. The first-order chi connectivity index (χ1) is 12.2. The highest BCUT2D eigenvalue weighted by Crippen LogP contribution is 2.18. The number of para-hydroxylation sites is 1. The van der Waals surface area contributed by atoms with Gasteiger partial charge in [-0.2, -0.15) is 0 Å². The number of rotatable bonds is 4. The van der Waals surface area contributed by atoms with Gasteiger partial charge in [-0.25, -0.2) is 0 Å². The van der Waals surface area contributed by atoms with E-state index in [-0.39, 0.29) is 17.9 Å². The van der Waals surface area contributed by atoms with E-state index >= 15 is 0 Å². The number of carbonyl (C=O) groups excluding carboxylic acids is 2. The van der Waals surface area contributed by atoms with Crippen LogP contribution in [0.15, 0.2) is 54.6 Å². The zero-order valence-corrected chi connectivity index (χ0v) is 14.3. The van der Waals surface area contributed by atoms with E-state index in [2.05, 4.69) is 10.6 Å². The van der Waals surface area contributed by atoms with Gasteiger partial charge in [0.25, 0.3) is 11.8 Å². The van der Waals surface area contributed by atoms with E-state index in [1.54, 1.807) is 24.3 Å². The quantitative estimate of drug-likeness (QED) is 0.814. The van der Waals surface area contributed by atoms with Gasteiger partial charge in [0.2, 0.25) is 0 Å². The number of benzene rings is 2. The van der Waals surface area contributed by atoms with E-state index in [1.165, 1.54) is 25.7 Å². The molecular formula is C21H24N2O2. The van der Waals surface area contributed by atoms with E-state index in [4.69, 9.17) is 0 Å². The van der Waals surface area contributed by atoms with Crippen molar-refractivity contribution in [2.75, 3.05) is 5.32 Å².